The molecule has 0 aliphatic heterocycles. The van der Waals surface area contributed by atoms with Gasteiger partial charge < -0.3 is 10.1 Å². The fourth-order valence-corrected chi connectivity index (χ4v) is 3.29. The summed E-state index contributed by atoms with van der Waals surface area (Å²) in [7, 11) is 0. The Balaban J connectivity index is 1.36. The van der Waals surface area contributed by atoms with Crippen molar-refractivity contribution >= 4 is 23.2 Å². The number of amides is 1. The first-order chi connectivity index (χ1) is 15.0. The lowest BCUT2D eigenvalue weighted by Crippen LogP contribution is -2.14. The molecule has 0 unspecified atom stereocenters. The standard InChI is InChI=1S/C23H20ClN5O2/c1-15-13-16(2)29(28-15)21-11-12-23(27-26-21)31-19-9-7-18(8-10-19)25-22(30)14-17-5-3-4-6-20(17)24/h3-13H,14H2,1-2H3,(H,25,30). The van der Waals surface area contributed by atoms with Crippen molar-refractivity contribution in [2.45, 2.75) is 20.3 Å². The molecule has 2 aromatic heterocycles. The molecule has 4 rings (SSSR count). The number of aromatic nitrogens is 4. The van der Waals surface area contributed by atoms with Gasteiger partial charge in [-0.15, -0.1) is 10.2 Å². The molecule has 1 N–H and O–H groups in total. The largest absolute Gasteiger partial charge is 0.438 e. The Kier molecular flexibility index (Phi) is 5.95. The van der Waals surface area contributed by atoms with E-state index in [1.54, 1.807) is 47.1 Å². The van der Waals surface area contributed by atoms with E-state index in [4.69, 9.17) is 16.3 Å². The molecule has 0 saturated heterocycles. The van der Waals surface area contributed by atoms with Crippen molar-refractivity contribution in [2.75, 3.05) is 5.32 Å². The summed E-state index contributed by atoms with van der Waals surface area (Å²) in [5, 5.41) is 16.1. The summed E-state index contributed by atoms with van der Waals surface area (Å²) in [5.41, 5.74) is 3.34. The molecular weight excluding hydrogens is 414 g/mol. The van der Waals surface area contributed by atoms with E-state index in [0.29, 0.717) is 28.2 Å². The van der Waals surface area contributed by atoms with Crippen LogP contribution in [0.15, 0.2) is 66.7 Å². The summed E-state index contributed by atoms with van der Waals surface area (Å²) in [5.74, 6) is 1.42. The summed E-state index contributed by atoms with van der Waals surface area (Å²) in [6.45, 7) is 3.89. The number of carbonyl (C=O) groups is 1. The Hall–Kier alpha value is -3.71. The predicted molar refractivity (Wildman–Crippen MR) is 119 cm³/mol. The van der Waals surface area contributed by atoms with E-state index < -0.39 is 0 Å². The molecule has 0 aliphatic rings. The first kappa shape index (κ1) is 20.6. The second-order valence-electron chi connectivity index (χ2n) is 7.01. The number of nitrogens with zero attached hydrogens (tertiary/aromatic N) is 4. The fraction of sp³-hybridized carbons (Fsp3) is 0.130. The molecule has 4 aromatic rings. The number of rotatable bonds is 6. The lowest BCUT2D eigenvalue weighted by Gasteiger charge is -2.09. The maximum atomic E-state index is 12.3. The number of ether oxygens (including phenoxy) is 1. The SMILES string of the molecule is Cc1cc(C)n(-c2ccc(Oc3ccc(NC(=O)Cc4ccccc4Cl)cc3)nn2)n1. The van der Waals surface area contributed by atoms with Gasteiger partial charge in [-0.1, -0.05) is 29.8 Å². The summed E-state index contributed by atoms with van der Waals surface area (Å²) < 4.78 is 7.47. The van der Waals surface area contributed by atoms with Gasteiger partial charge in [0.05, 0.1) is 12.1 Å². The highest BCUT2D eigenvalue weighted by Crippen LogP contribution is 2.22. The zero-order valence-electron chi connectivity index (χ0n) is 17.0. The number of aryl methyl sites for hydroxylation is 2. The van der Waals surface area contributed by atoms with Gasteiger partial charge in [0.2, 0.25) is 11.8 Å². The average molecular weight is 434 g/mol. The van der Waals surface area contributed by atoms with Gasteiger partial charge in [-0.25, -0.2) is 4.68 Å². The number of hydrogen-bond acceptors (Lipinski definition) is 5. The summed E-state index contributed by atoms with van der Waals surface area (Å²) in [6, 6.07) is 19.8. The van der Waals surface area contributed by atoms with E-state index in [1.165, 1.54) is 0 Å². The minimum atomic E-state index is -0.146. The van der Waals surface area contributed by atoms with E-state index in [-0.39, 0.29) is 12.3 Å². The van der Waals surface area contributed by atoms with Gasteiger partial charge in [0.15, 0.2) is 5.82 Å². The number of hydrogen-bond donors (Lipinski definition) is 1. The van der Waals surface area contributed by atoms with Crippen molar-refractivity contribution in [3.63, 3.8) is 0 Å². The topological polar surface area (TPSA) is 81.9 Å². The third kappa shape index (κ3) is 5.07. The second kappa shape index (κ2) is 8.97. The molecule has 2 aromatic carbocycles. The minimum Gasteiger partial charge on any atom is -0.438 e. The highest BCUT2D eigenvalue weighted by Gasteiger charge is 2.09. The number of carbonyl (C=O) groups excluding carboxylic acids is 1. The van der Waals surface area contributed by atoms with Crippen LogP contribution < -0.4 is 10.1 Å². The molecular formula is C23H20ClN5O2. The van der Waals surface area contributed by atoms with Gasteiger partial charge in [0.25, 0.3) is 0 Å². The number of halogens is 1. The van der Waals surface area contributed by atoms with E-state index in [9.17, 15) is 4.79 Å². The zero-order valence-corrected chi connectivity index (χ0v) is 17.8. The molecule has 31 heavy (non-hydrogen) atoms. The number of benzene rings is 2. The molecule has 7 nitrogen and oxygen atoms in total. The third-order valence-electron chi connectivity index (χ3n) is 4.52. The monoisotopic (exact) mass is 433 g/mol. The molecule has 0 aliphatic carbocycles. The highest BCUT2D eigenvalue weighted by atomic mass is 35.5. The van der Waals surface area contributed by atoms with Crippen molar-refractivity contribution in [1.29, 1.82) is 0 Å². The first-order valence-electron chi connectivity index (χ1n) is 9.66. The Morgan fingerprint density at radius 1 is 1.03 bits per heavy atom. The van der Waals surface area contributed by atoms with Crippen LogP contribution in [0.25, 0.3) is 5.82 Å². The van der Waals surface area contributed by atoms with Crippen molar-refractivity contribution in [1.82, 2.24) is 20.0 Å². The van der Waals surface area contributed by atoms with Crippen LogP contribution in [0.5, 0.6) is 11.6 Å². The van der Waals surface area contributed by atoms with Crippen molar-refractivity contribution < 1.29 is 9.53 Å². The van der Waals surface area contributed by atoms with Crippen LogP contribution in [0.2, 0.25) is 5.02 Å². The maximum Gasteiger partial charge on any atom is 0.238 e. The number of nitrogens with one attached hydrogen (secondary N) is 1. The van der Waals surface area contributed by atoms with Crippen LogP contribution in [0.3, 0.4) is 0 Å². The van der Waals surface area contributed by atoms with Gasteiger partial charge in [0, 0.05) is 22.5 Å². The molecule has 1 amide bonds. The molecule has 0 saturated carbocycles. The first-order valence-corrected chi connectivity index (χ1v) is 10.0. The van der Waals surface area contributed by atoms with Crippen LogP contribution in [0.4, 0.5) is 5.69 Å². The summed E-state index contributed by atoms with van der Waals surface area (Å²) >= 11 is 6.11. The van der Waals surface area contributed by atoms with Crippen LogP contribution in [0, 0.1) is 13.8 Å². The lowest BCUT2D eigenvalue weighted by molar-refractivity contribution is -0.115. The van der Waals surface area contributed by atoms with Gasteiger partial charge in [-0.2, -0.15) is 5.10 Å². The van der Waals surface area contributed by atoms with E-state index >= 15 is 0 Å². The van der Waals surface area contributed by atoms with Crippen LogP contribution in [0.1, 0.15) is 17.0 Å². The van der Waals surface area contributed by atoms with E-state index in [0.717, 1.165) is 17.0 Å². The van der Waals surface area contributed by atoms with Gasteiger partial charge >= 0.3 is 0 Å². The van der Waals surface area contributed by atoms with Crippen LogP contribution in [-0.2, 0) is 11.2 Å². The smallest absolute Gasteiger partial charge is 0.238 e. The van der Waals surface area contributed by atoms with Gasteiger partial charge in [-0.3, -0.25) is 4.79 Å². The van der Waals surface area contributed by atoms with E-state index in [2.05, 4.69) is 20.6 Å². The second-order valence-corrected chi connectivity index (χ2v) is 7.42. The molecule has 156 valence electrons. The lowest BCUT2D eigenvalue weighted by atomic mass is 10.1. The molecule has 8 heteroatoms. The molecule has 0 fully saturated rings. The van der Waals surface area contributed by atoms with Gasteiger partial charge in [-0.05, 0) is 61.9 Å². The van der Waals surface area contributed by atoms with Crippen molar-refractivity contribution in [3.8, 4) is 17.4 Å². The van der Waals surface area contributed by atoms with Gasteiger partial charge in [0.1, 0.15) is 5.75 Å². The highest BCUT2D eigenvalue weighted by molar-refractivity contribution is 6.31. The Bertz CT molecular complexity index is 1200. The quantitative estimate of drug-likeness (QED) is 0.467. The Morgan fingerprint density at radius 3 is 2.45 bits per heavy atom. The molecule has 0 atom stereocenters. The maximum absolute atomic E-state index is 12.3. The molecule has 0 spiro atoms. The number of anilines is 1. The van der Waals surface area contributed by atoms with Crippen LogP contribution in [-0.4, -0.2) is 25.9 Å². The van der Waals surface area contributed by atoms with Crippen LogP contribution >= 0.6 is 11.6 Å². The zero-order chi connectivity index (χ0) is 21.8. The summed E-state index contributed by atoms with van der Waals surface area (Å²) in [4.78, 5) is 12.3. The average Bonchev–Trinajstić information content (AvgIpc) is 3.10. The normalized spacial score (nSPS) is 10.7. The van der Waals surface area contributed by atoms with Crippen molar-refractivity contribution in [3.05, 3.63) is 88.7 Å². The van der Waals surface area contributed by atoms with Crippen molar-refractivity contribution in [2.24, 2.45) is 0 Å². The summed E-state index contributed by atoms with van der Waals surface area (Å²) in [6.07, 6.45) is 0.203. The van der Waals surface area contributed by atoms with E-state index in [1.807, 2.05) is 38.1 Å². The Labute approximate surface area is 184 Å². The Morgan fingerprint density at radius 2 is 1.81 bits per heavy atom. The minimum absolute atomic E-state index is 0.146. The third-order valence-corrected chi connectivity index (χ3v) is 4.89. The molecule has 0 radical (unpaired) electrons. The predicted octanol–water partition coefficient (Wildman–Crippen LogP) is 4.91. The molecule has 2 heterocycles. The fourth-order valence-electron chi connectivity index (χ4n) is 3.09. The molecule has 0 bridgehead atoms.